The fourth-order valence-electron chi connectivity index (χ4n) is 3.94. The van der Waals surface area contributed by atoms with Crippen molar-refractivity contribution in [2.24, 2.45) is 11.1 Å². The van der Waals surface area contributed by atoms with Gasteiger partial charge in [0.1, 0.15) is 23.2 Å². The molecule has 1 aliphatic carbocycles. The lowest BCUT2D eigenvalue weighted by atomic mass is 9.69. The Kier molecular flexibility index (Phi) is 4.31. The number of hydrogen-bond donors (Lipinski definition) is 1. The van der Waals surface area contributed by atoms with Gasteiger partial charge in [0.15, 0.2) is 5.78 Å². The molecule has 0 bridgehead atoms. The summed E-state index contributed by atoms with van der Waals surface area (Å²) in [5.41, 5.74) is 9.54. The van der Waals surface area contributed by atoms with Crippen molar-refractivity contribution in [3.63, 3.8) is 0 Å². The average molecular weight is 352 g/mol. The smallest absolute Gasteiger partial charge is 0.205 e. The maximum Gasteiger partial charge on any atom is 0.205 e. The van der Waals surface area contributed by atoms with Crippen molar-refractivity contribution < 1.29 is 14.3 Å². The summed E-state index contributed by atoms with van der Waals surface area (Å²) in [4.78, 5) is 13.0. The first-order chi connectivity index (χ1) is 12.2. The summed E-state index contributed by atoms with van der Waals surface area (Å²) in [6.07, 6.45) is 1.05. The molecule has 0 amide bonds. The van der Waals surface area contributed by atoms with Gasteiger partial charge in [0.05, 0.1) is 13.0 Å². The van der Waals surface area contributed by atoms with Crippen LogP contribution in [0, 0.1) is 30.6 Å². The second kappa shape index (κ2) is 6.21. The van der Waals surface area contributed by atoms with E-state index in [-0.39, 0.29) is 17.1 Å². The van der Waals surface area contributed by atoms with Crippen molar-refractivity contribution in [3.8, 4) is 11.8 Å². The van der Waals surface area contributed by atoms with Gasteiger partial charge >= 0.3 is 0 Å². The van der Waals surface area contributed by atoms with Gasteiger partial charge < -0.3 is 15.2 Å². The van der Waals surface area contributed by atoms with Crippen molar-refractivity contribution in [2.45, 2.75) is 46.5 Å². The van der Waals surface area contributed by atoms with Crippen molar-refractivity contribution in [1.82, 2.24) is 0 Å². The topological polar surface area (TPSA) is 85.3 Å². The predicted octanol–water partition coefficient (Wildman–Crippen LogP) is 3.76. The van der Waals surface area contributed by atoms with Crippen LogP contribution in [0.5, 0.6) is 5.75 Å². The number of ketones is 1. The number of carbonyl (C=O) groups is 1. The summed E-state index contributed by atoms with van der Waals surface area (Å²) < 4.78 is 11.1. The van der Waals surface area contributed by atoms with Gasteiger partial charge in [-0.2, -0.15) is 5.26 Å². The van der Waals surface area contributed by atoms with Crippen LogP contribution in [0.2, 0.25) is 0 Å². The van der Waals surface area contributed by atoms with Gasteiger partial charge in [-0.25, -0.2) is 0 Å². The van der Waals surface area contributed by atoms with Gasteiger partial charge in [0, 0.05) is 18.4 Å². The Hall–Kier alpha value is -2.74. The molecule has 2 aliphatic rings. The maximum absolute atomic E-state index is 13.0. The van der Waals surface area contributed by atoms with E-state index in [2.05, 4.69) is 6.07 Å². The van der Waals surface area contributed by atoms with E-state index >= 15 is 0 Å². The van der Waals surface area contributed by atoms with E-state index in [4.69, 9.17) is 15.2 Å². The molecule has 1 heterocycles. The Morgan fingerprint density at radius 2 is 1.96 bits per heavy atom. The Balaban J connectivity index is 2.24. The molecule has 0 spiro atoms. The van der Waals surface area contributed by atoms with Gasteiger partial charge in [-0.05, 0) is 42.0 Å². The normalized spacial score (nSPS) is 21.8. The third kappa shape index (κ3) is 2.86. The van der Waals surface area contributed by atoms with Crippen LogP contribution in [0.1, 0.15) is 49.3 Å². The van der Waals surface area contributed by atoms with E-state index in [1.807, 2.05) is 39.8 Å². The Labute approximate surface area is 154 Å². The van der Waals surface area contributed by atoms with Crippen LogP contribution >= 0.6 is 0 Å². The van der Waals surface area contributed by atoms with E-state index in [1.54, 1.807) is 7.11 Å². The second-order valence-electron chi connectivity index (χ2n) is 7.88. The molecule has 0 radical (unpaired) electrons. The van der Waals surface area contributed by atoms with E-state index in [1.165, 1.54) is 0 Å². The summed E-state index contributed by atoms with van der Waals surface area (Å²) >= 11 is 0. The number of benzene rings is 1. The monoisotopic (exact) mass is 352 g/mol. The fourth-order valence-corrected chi connectivity index (χ4v) is 3.94. The summed E-state index contributed by atoms with van der Waals surface area (Å²) in [6, 6.07) is 6.08. The number of allylic oxidation sites excluding steroid dienone is 3. The van der Waals surface area contributed by atoms with E-state index in [0.717, 1.165) is 22.4 Å². The molecule has 5 heteroatoms. The first-order valence-electron chi connectivity index (χ1n) is 8.67. The van der Waals surface area contributed by atoms with Gasteiger partial charge in [-0.3, -0.25) is 4.79 Å². The molecule has 0 unspecified atom stereocenters. The molecule has 136 valence electrons. The number of aryl methyl sites for hydroxylation is 2. The number of nitrogens with two attached hydrogens (primary N) is 1. The molecule has 5 nitrogen and oxygen atoms in total. The summed E-state index contributed by atoms with van der Waals surface area (Å²) in [5.74, 6) is 1.00. The van der Waals surface area contributed by atoms with Gasteiger partial charge in [-0.1, -0.05) is 19.9 Å². The molecule has 0 aromatic heterocycles. The number of methoxy groups -OCH3 is 1. The SMILES string of the molecule is COc1cc(C)c([C@@H]2C(C#N)=C(N)OC3=C2C(=O)CC(C)(C)C3)cc1C. The molecule has 3 rings (SSSR count). The van der Waals surface area contributed by atoms with Crippen LogP contribution in [0.4, 0.5) is 0 Å². The Morgan fingerprint density at radius 3 is 2.58 bits per heavy atom. The van der Waals surface area contributed by atoms with Crippen LogP contribution in [0.3, 0.4) is 0 Å². The standard InChI is InChI=1S/C21H24N2O3/c1-11-7-16(25-5)12(2)6-13(11)18-14(10-22)20(23)26-17-9-21(3,4)8-15(24)19(17)18/h6-7,18H,8-9,23H2,1-5H3/t18-/m1/s1. The summed E-state index contributed by atoms with van der Waals surface area (Å²) in [5, 5.41) is 9.71. The molecular weight excluding hydrogens is 328 g/mol. The molecule has 1 aromatic carbocycles. The molecule has 0 saturated heterocycles. The maximum atomic E-state index is 13.0. The molecule has 1 aliphatic heterocycles. The zero-order valence-corrected chi connectivity index (χ0v) is 15.9. The molecule has 1 aromatic rings. The minimum atomic E-state index is -0.489. The highest BCUT2D eigenvalue weighted by atomic mass is 16.5. The molecule has 0 fully saturated rings. The number of nitrogens with zero attached hydrogens (tertiary/aromatic N) is 1. The third-order valence-corrected chi connectivity index (χ3v) is 5.17. The first kappa shape index (κ1) is 18.1. The minimum Gasteiger partial charge on any atom is -0.496 e. The zero-order chi connectivity index (χ0) is 19.2. The molecule has 26 heavy (non-hydrogen) atoms. The van der Waals surface area contributed by atoms with Gasteiger partial charge in [-0.15, -0.1) is 0 Å². The summed E-state index contributed by atoms with van der Waals surface area (Å²) in [7, 11) is 1.63. The Morgan fingerprint density at radius 1 is 1.27 bits per heavy atom. The van der Waals surface area contributed by atoms with Crippen LogP contribution in [0.25, 0.3) is 0 Å². The van der Waals surface area contributed by atoms with Crippen LogP contribution in [-0.2, 0) is 9.53 Å². The second-order valence-corrected chi connectivity index (χ2v) is 7.88. The number of ether oxygens (including phenoxy) is 2. The van der Waals surface area contributed by atoms with E-state index in [0.29, 0.717) is 29.7 Å². The van der Waals surface area contributed by atoms with Crippen LogP contribution < -0.4 is 10.5 Å². The molecule has 0 saturated carbocycles. The van der Waals surface area contributed by atoms with E-state index < -0.39 is 5.92 Å². The average Bonchev–Trinajstić information content (AvgIpc) is 2.54. The predicted molar refractivity (Wildman–Crippen MR) is 98.2 cm³/mol. The number of Topliss-reactive ketones (excluding diaryl/α,β-unsaturated/α-hetero) is 1. The van der Waals surface area contributed by atoms with Crippen LogP contribution in [0.15, 0.2) is 34.9 Å². The number of hydrogen-bond acceptors (Lipinski definition) is 5. The van der Waals surface area contributed by atoms with E-state index in [9.17, 15) is 10.1 Å². The Bertz CT molecular complexity index is 901. The highest BCUT2D eigenvalue weighted by Gasteiger charge is 2.43. The van der Waals surface area contributed by atoms with Crippen molar-refractivity contribution in [2.75, 3.05) is 7.11 Å². The number of rotatable bonds is 2. The third-order valence-electron chi connectivity index (χ3n) is 5.17. The lowest BCUT2D eigenvalue weighted by molar-refractivity contribution is -0.119. The number of carbonyl (C=O) groups excluding carboxylic acids is 1. The molecule has 1 atom stereocenters. The van der Waals surface area contributed by atoms with Crippen LogP contribution in [-0.4, -0.2) is 12.9 Å². The highest BCUT2D eigenvalue weighted by molar-refractivity contribution is 6.00. The number of nitriles is 1. The molecule has 2 N–H and O–H groups in total. The van der Waals surface area contributed by atoms with Gasteiger partial charge in [0.25, 0.3) is 0 Å². The first-order valence-corrected chi connectivity index (χ1v) is 8.67. The fraction of sp³-hybridized carbons (Fsp3) is 0.429. The van der Waals surface area contributed by atoms with Crippen molar-refractivity contribution >= 4 is 5.78 Å². The highest BCUT2D eigenvalue weighted by Crippen LogP contribution is 2.48. The van der Waals surface area contributed by atoms with Crippen molar-refractivity contribution in [3.05, 3.63) is 51.6 Å². The lowest BCUT2D eigenvalue weighted by Gasteiger charge is -2.37. The molecular formula is C21H24N2O3. The van der Waals surface area contributed by atoms with Gasteiger partial charge in [0.2, 0.25) is 5.88 Å². The summed E-state index contributed by atoms with van der Waals surface area (Å²) in [6.45, 7) is 7.97. The lowest BCUT2D eigenvalue weighted by Crippen LogP contribution is -2.33. The zero-order valence-electron chi connectivity index (χ0n) is 15.9. The largest absolute Gasteiger partial charge is 0.496 e. The van der Waals surface area contributed by atoms with Crippen molar-refractivity contribution in [1.29, 1.82) is 5.26 Å². The minimum absolute atomic E-state index is 0.0226. The quantitative estimate of drug-likeness (QED) is 0.876.